The van der Waals surface area contributed by atoms with Crippen molar-refractivity contribution in [3.8, 4) is 11.5 Å². The molecule has 2 aromatic carbocycles. The number of amides is 1. The topological polar surface area (TPSA) is 59.9 Å². The number of benzene rings is 2. The SMILES string of the molecule is CCOc1c(Br)cc(C=Nc2sc3c(c2C(=O)Nc2ccccc2)CCCCCC3)cc1OC. The highest BCUT2D eigenvalue weighted by Gasteiger charge is 2.24. The average molecular weight is 542 g/mol. The van der Waals surface area contributed by atoms with Gasteiger partial charge in [0.15, 0.2) is 11.5 Å². The van der Waals surface area contributed by atoms with Crippen molar-refractivity contribution in [2.75, 3.05) is 19.0 Å². The van der Waals surface area contributed by atoms with Crippen LogP contribution in [0.4, 0.5) is 10.7 Å². The predicted molar refractivity (Wildman–Crippen MR) is 144 cm³/mol. The fraction of sp³-hybridized carbons (Fsp3) is 0.333. The maximum absolute atomic E-state index is 13.4. The van der Waals surface area contributed by atoms with Gasteiger partial charge in [-0.25, -0.2) is 4.99 Å². The largest absolute Gasteiger partial charge is 0.493 e. The standard InChI is InChI=1S/C27H29BrN2O3S/c1-3-33-25-21(28)15-18(16-22(25)32-2)17-29-27-24(26(31)30-19-11-7-6-8-12-19)20-13-9-4-5-10-14-23(20)34-27/h6-8,11-12,15-17H,3-5,9-10,13-14H2,1-2H3,(H,30,31). The van der Waals surface area contributed by atoms with Gasteiger partial charge in [-0.1, -0.05) is 31.0 Å². The van der Waals surface area contributed by atoms with Crippen LogP contribution in [0.1, 0.15) is 59.0 Å². The van der Waals surface area contributed by atoms with Crippen LogP contribution in [0, 0.1) is 0 Å². The molecule has 0 unspecified atom stereocenters. The van der Waals surface area contributed by atoms with Gasteiger partial charge >= 0.3 is 0 Å². The van der Waals surface area contributed by atoms with Gasteiger partial charge in [0.25, 0.3) is 5.91 Å². The quantitative estimate of drug-likeness (QED) is 0.314. The number of methoxy groups -OCH3 is 1. The molecule has 1 aliphatic rings. The molecule has 1 aliphatic carbocycles. The highest BCUT2D eigenvalue weighted by molar-refractivity contribution is 9.10. The van der Waals surface area contributed by atoms with Crippen molar-refractivity contribution in [2.45, 2.75) is 45.4 Å². The molecule has 0 fully saturated rings. The Morgan fingerprint density at radius 3 is 2.65 bits per heavy atom. The third kappa shape index (κ3) is 5.70. The zero-order valence-electron chi connectivity index (χ0n) is 19.5. The number of hydrogen-bond acceptors (Lipinski definition) is 5. The zero-order chi connectivity index (χ0) is 23.9. The highest BCUT2D eigenvalue weighted by atomic mass is 79.9. The van der Waals surface area contributed by atoms with Crippen molar-refractivity contribution in [1.29, 1.82) is 0 Å². The molecule has 1 N–H and O–H groups in total. The van der Waals surface area contributed by atoms with E-state index in [2.05, 4.69) is 21.2 Å². The van der Waals surface area contributed by atoms with Gasteiger partial charge in [0.05, 0.1) is 23.8 Å². The second-order valence-corrected chi connectivity index (χ2v) is 10.1. The predicted octanol–water partition coefficient (Wildman–Crippen LogP) is 7.58. The lowest BCUT2D eigenvalue weighted by atomic mass is 9.96. The summed E-state index contributed by atoms with van der Waals surface area (Å²) in [5.41, 5.74) is 3.52. The van der Waals surface area contributed by atoms with Gasteiger partial charge < -0.3 is 14.8 Å². The molecule has 5 nitrogen and oxygen atoms in total. The lowest BCUT2D eigenvalue weighted by Gasteiger charge is -2.12. The molecule has 0 aliphatic heterocycles. The number of para-hydroxylation sites is 1. The fourth-order valence-electron chi connectivity index (χ4n) is 4.18. The summed E-state index contributed by atoms with van der Waals surface area (Å²) in [5.74, 6) is 1.21. The Kier molecular flexibility index (Phi) is 8.40. The second kappa shape index (κ2) is 11.7. The Morgan fingerprint density at radius 2 is 1.91 bits per heavy atom. The van der Waals surface area contributed by atoms with E-state index in [0.29, 0.717) is 23.7 Å². The molecule has 0 bridgehead atoms. The van der Waals surface area contributed by atoms with Crippen LogP contribution in [0.5, 0.6) is 11.5 Å². The number of ether oxygens (including phenoxy) is 2. The average Bonchev–Trinajstić information content (AvgIpc) is 3.16. The smallest absolute Gasteiger partial charge is 0.259 e. The summed E-state index contributed by atoms with van der Waals surface area (Å²) in [6, 6.07) is 13.4. The van der Waals surface area contributed by atoms with Crippen LogP contribution in [0.15, 0.2) is 51.9 Å². The molecule has 0 saturated carbocycles. The zero-order valence-corrected chi connectivity index (χ0v) is 21.9. The summed E-state index contributed by atoms with van der Waals surface area (Å²) < 4.78 is 12.0. The van der Waals surface area contributed by atoms with Crippen molar-refractivity contribution >= 4 is 50.1 Å². The maximum Gasteiger partial charge on any atom is 0.259 e. The second-order valence-electron chi connectivity index (χ2n) is 8.14. The number of rotatable bonds is 7. The lowest BCUT2D eigenvalue weighted by Crippen LogP contribution is -2.14. The Hall–Kier alpha value is -2.64. The van der Waals surface area contributed by atoms with Gasteiger partial charge in [0.2, 0.25) is 0 Å². The molecule has 3 aromatic rings. The van der Waals surface area contributed by atoms with E-state index in [1.165, 1.54) is 17.7 Å². The third-order valence-corrected chi connectivity index (χ3v) is 7.57. The van der Waals surface area contributed by atoms with Crippen LogP contribution in [-0.2, 0) is 12.8 Å². The molecule has 7 heteroatoms. The van der Waals surface area contributed by atoms with E-state index in [0.717, 1.165) is 52.0 Å². The number of anilines is 1. The molecular weight excluding hydrogens is 512 g/mol. The summed E-state index contributed by atoms with van der Waals surface area (Å²) in [6.07, 6.45) is 8.41. The van der Waals surface area contributed by atoms with Crippen molar-refractivity contribution in [1.82, 2.24) is 0 Å². The van der Waals surface area contributed by atoms with Crippen LogP contribution < -0.4 is 14.8 Å². The van der Waals surface area contributed by atoms with Gasteiger partial charge in [-0.15, -0.1) is 11.3 Å². The summed E-state index contributed by atoms with van der Waals surface area (Å²) in [6.45, 7) is 2.48. The molecule has 1 aromatic heterocycles. The number of thiophene rings is 1. The van der Waals surface area contributed by atoms with Crippen molar-refractivity contribution in [3.63, 3.8) is 0 Å². The minimum atomic E-state index is -0.0955. The van der Waals surface area contributed by atoms with Crippen molar-refractivity contribution < 1.29 is 14.3 Å². The summed E-state index contributed by atoms with van der Waals surface area (Å²) in [7, 11) is 1.62. The van der Waals surface area contributed by atoms with Crippen molar-refractivity contribution in [2.24, 2.45) is 4.99 Å². The normalized spacial score (nSPS) is 13.7. The van der Waals surface area contributed by atoms with Crippen LogP contribution in [-0.4, -0.2) is 25.8 Å². The Balaban J connectivity index is 1.71. The molecule has 0 radical (unpaired) electrons. The highest BCUT2D eigenvalue weighted by Crippen LogP contribution is 2.40. The number of carbonyl (C=O) groups excluding carboxylic acids is 1. The first-order valence-electron chi connectivity index (χ1n) is 11.7. The van der Waals surface area contributed by atoms with E-state index in [1.54, 1.807) is 24.7 Å². The molecule has 1 amide bonds. The number of carbonyl (C=O) groups is 1. The van der Waals surface area contributed by atoms with E-state index >= 15 is 0 Å². The van der Waals surface area contributed by atoms with E-state index in [-0.39, 0.29) is 5.91 Å². The molecule has 0 spiro atoms. The third-order valence-electron chi connectivity index (χ3n) is 5.78. The molecule has 0 saturated heterocycles. The van der Waals surface area contributed by atoms with E-state index in [1.807, 2.05) is 49.4 Å². The number of aliphatic imine (C=N–C) groups is 1. The monoisotopic (exact) mass is 540 g/mol. The Labute approximate surface area is 213 Å². The maximum atomic E-state index is 13.4. The Bertz CT molecular complexity index is 1170. The van der Waals surface area contributed by atoms with Crippen LogP contribution in [0.2, 0.25) is 0 Å². The van der Waals surface area contributed by atoms with Crippen molar-refractivity contribution in [3.05, 3.63) is 68.5 Å². The first kappa shape index (κ1) is 24.5. The molecule has 34 heavy (non-hydrogen) atoms. The van der Waals surface area contributed by atoms with E-state index < -0.39 is 0 Å². The first-order chi connectivity index (χ1) is 16.6. The Morgan fingerprint density at radius 1 is 1.15 bits per heavy atom. The van der Waals surface area contributed by atoms with E-state index in [9.17, 15) is 4.79 Å². The first-order valence-corrected chi connectivity index (χ1v) is 13.3. The molecule has 1 heterocycles. The molecule has 178 valence electrons. The minimum Gasteiger partial charge on any atom is -0.493 e. The number of aryl methyl sites for hydroxylation is 1. The van der Waals surface area contributed by atoms with Gasteiger partial charge in [-0.05, 0) is 83.9 Å². The van der Waals surface area contributed by atoms with Crippen LogP contribution in [0.25, 0.3) is 0 Å². The van der Waals surface area contributed by atoms with Gasteiger partial charge in [0, 0.05) is 16.8 Å². The molecular formula is C27H29BrN2O3S. The number of hydrogen-bond donors (Lipinski definition) is 1. The van der Waals surface area contributed by atoms with Crippen LogP contribution in [0.3, 0.4) is 0 Å². The lowest BCUT2D eigenvalue weighted by molar-refractivity contribution is 0.102. The number of nitrogens with zero attached hydrogens (tertiary/aromatic N) is 1. The number of nitrogens with one attached hydrogen (secondary N) is 1. The molecule has 4 rings (SSSR count). The summed E-state index contributed by atoms with van der Waals surface area (Å²) in [5, 5.41) is 3.82. The van der Waals surface area contributed by atoms with Gasteiger partial charge in [-0.3, -0.25) is 4.79 Å². The number of halogens is 1. The fourth-order valence-corrected chi connectivity index (χ4v) is 5.98. The molecule has 0 atom stereocenters. The summed E-state index contributed by atoms with van der Waals surface area (Å²) >= 11 is 5.22. The van der Waals surface area contributed by atoms with Crippen LogP contribution >= 0.6 is 27.3 Å². The minimum absolute atomic E-state index is 0.0955. The number of fused-ring (bicyclic) bond motifs is 1. The summed E-state index contributed by atoms with van der Waals surface area (Å²) in [4.78, 5) is 19.5. The van der Waals surface area contributed by atoms with E-state index in [4.69, 9.17) is 14.5 Å². The van der Waals surface area contributed by atoms with Gasteiger partial charge in [0.1, 0.15) is 5.00 Å². The van der Waals surface area contributed by atoms with Gasteiger partial charge in [-0.2, -0.15) is 0 Å².